The van der Waals surface area contributed by atoms with Crippen LogP contribution in [0.15, 0.2) is 36.4 Å². The predicted octanol–water partition coefficient (Wildman–Crippen LogP) is 3.42. The van der Waals surface area contributed by atoms with E-state index in [0.29, 0.717) is 13.0 Å². The molecule has 7 heteroatoms. The van der Waals surface area contributed by atoms with Crippen molar-refractivity contribution in [2.24, 2.45) is 0 Å². The first-order chi connectivity index (χ1) is 14.0. The summed E-state index contributed by atoms with van der Waals surface area (Å²) in [6, 6.07) is 9.27. The van der Waals surface area contributed by atoms with Gasteiger partial charge in [0.15, 0.2) is 11.6 Å². The Labute approximate surface area is 169 Å². The minimum Gasteiger partial charge on any atom is -0.371 e. The van der Waals surface area contributed by atoms with Crippen LogP contribution in [0.3, 0.4) is 0 Å². The fraction of sp³-hybridized carbons (Fsp3) is 0.364. The van der Waals surface area contributed by atoms with Crippen LogP contribution in [-0.4, -0.2) is 31.4 Å². The number of fused-ring (bicyclic) bond motifs is 1. The molecule has 0 unspecified atom stereocenters. The molecule has 2 N–H and O–H groups in total. The third-order valence-corrected chi connectivity index (χ3v) is 4.94. The number of carbonyl (C=O) groups excluding carboxylic acids is 2. The molecule has 29 heavy (non-hydrogen) atoms. The van der Waals surface area contributed by atoms with Gasteiger partial charge in [-0.15, -0.1) is 0 Å². The highest BCUT2D eigenvalue weighted by atomic mass is 19.2. The molecule has 0 bridgehead atoms. The molecule has 154 valence electrons. The standard InChI is InChI=1S/C22H25F2N3O2/c1-2-11-27-12-3-4-16-13-15(5-8-20(16)27)9-10-25-21(28)22(29)26-17-6-7-18(23)19(24)14-17/h5-8,13-14H,2-4,9-12H2,1H3,(H,25,28)(H,26,29). The highest BCUT2D eigenvalue weighted by Gasteiger charge is 2.17. The first-order valence-corrected chi connectivity index (χ1v) is 9.89. The van der Waals surface area contributed by atoms with Gasteiger partial charge < -0.3 is 15.5 Å². The van der Waals surface area contributed by atoms with Crippen molar-refractivity contribution in [2.45, 2.75) is 32.6 Å². The molecule has 1 aliphatic rings. The summed E-state index contributed by atoms with van der Waals surface area (Å²) < 4.78 is 26.1. The van der Waals surface area contributed by atoms with E-state index in [1.807, 2.05) is 0 Å². The number of carbonyl (C=O) groups is 2. The van der Waals surface area contributed by atoms with Crippen LogP contribution in [0, 0.1) is 11.6 Å². The maximum atomic E-state index is 13.2. The molecule has 2 aromatic carbocycles. The van der Waals surface area contributed by atoms with Crippen LogP contribution >= 0.6 is 0 Å². The number of hydrogen-bond acceptors (Lipinski definition) is 3. The molecule has 0 radical (unpaired) electrons. The number of nitrogens with one attached hydrogen (secondary N) is 2. The van der Waals surface area contributed by atoms with E-state index < -0.39 is 23.4 Å². The molecule has 0 aliphatic carbocycles. The maximum absolute atomic E-state index is 13.2. The van der Waals surface area contributed by atoms with Gasteiger partial charge in [0.25, 0.3) is 0 Å². The summed E-state index contributed by atoms with van der Waals surface area (Å²) in [5, 5.41) is 4.81. The summed E-state index contributed by atoms with van der Waals surface area (Å²) >= 11 is 0. The van der Waals surface area contributed by atoms with Gasteiger partial charge in [-0.1, -0.05) is 19.1 Å². The maximum Gasteiger partial charge on any atom is 0.313 e. The number of halogens is 2. The van der Waals surface area contributed by atoms with Gasteiger partial charge in [0.05, 0.1) is 0 Å². The molecular weight excluding hydrogens is 376 g/mol. The lowest BCUT2D eigenvalue weighted by Gasteiger charge is -2.31. The molecule has 0 saturated carbocycles. The van der Waals surface area contributed by atoms with Gasteiger partial charge in [0.2, 0.25) is 0 Å². The van der Waals surface area contributed by atoms with Gasteiger partial charge in [-0.2, -0.15) is 0 Å². The van der Waals surface area contributed by atoms with Crippen LogP contribution in [0.2, 0.25) is 0 Å². The third-order valence-electron chi connectivity index (χ3n) is 4.94. The molecule has 0 spiro atoms. The number of rotatable bonds is 6. The molecule has 0 atom stereocenters. The molecule has 1 aliphatic heterocycles. The second kappa shape index (κ2) is 9.49. The molecule has 0 aromatic heterocycles. The van der Waals surface area contributed by atoms with Gasteiger partial charge in [-0.3, -0.25) is 9.59 Å². The van der Waals surface area contributed by atoms with Crippen LogP contribution in [0.1, 0.15) is 30.9 Å². The lowest BCUT2D eigenvalue weighted by atomic mass is 9.98. The smallest absolute Gasteiger partial charge is 0.313 e. The van der Waals surface area contributed by atoms with Crippen molar-refractivity contribution >= 4 is 23.2 Å². The Kier molecular flexibility index (Phi) is 6.80. The Morgan fingerprint density at radius 3 is 2.66 bits per heavy atom. The molecule has 0 saturated heterocycles. The Morgan fingerprint density at radius 1 is 1.07 bits per heavy atom. The van der Waals surface area contributed by atoms with E-state index >= 15 is 0 Å². The van der Waals surface area contributed by atoms with E-state index in [-0.39, 0.29) is 5.69 Å². The van der Waals surface area contributed by atoms with Crippen molar-refractivity contribution in [3.63, 3.8) is 0 Å². The molecule has 1 heterocycles. The predicted molar refractivity (Wildman–Crippen MR) is 109 cm³/mol. The van der Waals surface area contributed by atoms with Crippen LogP contribution < -0.4 is 15.5 Å². The highest BCUT2D eigenvalue weighted by molar-refractivity contribution is 6.39. The number of hydrogen-bond donors (Lipinski definition) is 2. The molecule has 2 amide bonds. The Balaban J connectivity index is 1.51. The van der Waals surface area contributed by atoms with E-state index in [1.165, 1.54) is 17.3 Å². The second-order valence-corrected chi connectivity index (χ2v) is 7.14. The van der Waals surface area contributed by atoms with Crippen LogP contribution in [0.5, 0.6) is 0 Å². The molecule has 0 fully saturated rings. The number of nitrogens with zero attached hydrogens (tertiary/aromatic N) is 1. The van der Waals surface area contributed by atoms with Crippen molar-refractivity contribution in [1.82, 2.24) is 5.32 Å². The van der Waals surface area contributed by atoms with Crippen LogP contribution in [-0.2, 0) is 22.4 Å². The highest BCUT2D eigenvalue weighted by Crippen LogP contribution is 2.28. The zero-order valence-corrected chi connectivity index (χ0v) is 16.4. The summed E-state index contributed by atoms with van der Waals surface area (Å²) in [4.78, 5) is 26.2. The van der Waals surface area contributed by atoms with Crippen LogP contribution in [0.4, 0.5) is 20.2 Å². The Hall–Kier alpha value is -2.96. The van der Waals surface area contributed by atoms with E-state index in [9.17, 15) is 18.4 Å². The van der Waals surface area contributed by atoms with Gasteiger partial charge >= 0.3 is 11.8 Å². The minimum atomic E-state index is -1.09. The number of amides is 2. The molecule has 5 nitrogen and oxygen atoms in total. The summed E-state index contributed by atoms with van der Waals surface area (Å²) in [5.74, 6) is -3.85. The number of anilines is 2. The van der Waals surface area contributed by atoms with E-state index in [4.69, 9.17) is 0 Å². The summed E-state index contributed by atoms with van der Waals surface area (Å²) in [6.07, 6.45) is 3.90. The van der Waals surface area contributed by atoms with Gasteiger partial charge in [-0.05, 0) is 55.0 Å². The van der Waals surface area contributed by atoms with Crippen molar-refractivity contribution in [3.05, 3.63) is 59.2 Å². The largest absolute Gasteiger partial charge is 0.371 e. The zero-order chi connectivity index (χ0) is 20.8. The SMILES string of the molecule is CCCN1CCCc2cc(CCNC(=O)C(=O)Nc3ccc(F)c(F)c3)ccc21. The van der Waals surface area contributed by atoms with E-state index in [0.717, 1.165) is 50.0 Å². The minimum absolute atomic E-state index is 0.0235. The fourth-order valence-corrected chi connectivity index (χ4v) is 3.55. The van der Waals surface area contributed by atoms with Gasteiger partial charge in [-0.25, -0.2) is 8.78 Å². The van der Waals surface area contributed by atoms with Crippen molar-refractivity contribution < 1.29 is 18.4 Å². The second-order valence-electron chi connectivity index (χ2n) is 7.14. The van der Waals surface area contributed by atoms with Crippen molar-refractivity contribution in [3.8, 4) is 0 Å². The quantitative estimate of drug-likeness (QED) is 0.729. The summed E-state index contributed by atoms with van der Waals surface area (Å²) in [7, 11) is 0. The van der Waals surface area contributed by atoms with Crippen molar-refractivity contribution in [2.75, 3.05) is 29.9 Å². The first-order valence-electron chi connectivity index (χ1n) is 9.89. The van der Waals surface area contributed by atoms with Crippen LogP contribution in [0.25, 0.3) is 0 Å². The lowest BCUT2D eigenvalue weighted by Crippen LogP contribution is -2.36. The molecule has 2 aromatic rings. The Bertz CT molecular complexity index is 902. The van der Waals surface area contributed by atoms with Crippen molar-refractivity contribution in [1.29, 1.82) is 0 Å². The zero-order valence-electron chi connectivity index (χ0n) is 16.4. The van der Waals surface area contributed by atoms with E-state index in [1.54, 1.807) is 0 Å². The normalized spacial score (nSPS) is 13.0. The average molecular weight is 401 g/mol. The summed E-state index contributed by atoms with van der Waals surface area (Å²) in [6.45, 7) is 4.62. The number of benzene rings is 2. The van der Waals surface area contributed by atoms with Gasteiger partial charge in [0, 0.05) is 37.1 Å². The lowest BCUT2D eigenvalue weighted by molar-refractivity contribution is -0.136. The third kappa shape index (κ3) is 5.31. The average Bonchev–Trinajstić information content (AvgIpc) is 2.71. The fourth-order valence-electron chi connectivity index (χ4n) is 3.55. The summed E-state index contributed by atoms with van der Waals surface area (Å²) in [5.41, 5.74) is 3.74. The monoisotopic (exact) mass is 401 g/mol. The first kappa shape index (κ1) is 20.8. The topological polar surface area (TPSA) is 61.4 Å². The molecular formula is C22H25F2N3O2. The Morgan fingerprint density at radius 2 is 1.90 bits per heavy atom. The van der Waals surface area contributed by atoms with E-state index in [2.05, 4.69) is 40.7 Å². The van der Waals surface area contributed by atoms with Gasteiger partial charge in [0.1, 0.15) is 0 Å². The number of aryl methyl sites for hydroxylation is 1. The molecule has 3 rings (SSSR count).